The number of hydrogen-bond donors (Lipinski definition) is 0. The zero-order valence-corrected chi connectivity index (χ0v) is 8.28. The summed E-state index contributed by atoms with van der Waals surface area (Å²) < 4.78 is 0. The lowest BCUT2D eigenvalue weighted by molar-refractivity contribution is -0.113. The van der Waals surface area contributed by atoms with Crippen molar-refractivity contribution in [3.8, 4) is 0 Å². The van der Waals surface area contributed by atoms with Crippen molar-refractivity contribution in [1.29, 1.82) is 0 Å². The van der Waals surface area contributed by atoms with Crippen molar-refractivity contribution in [3.63, 3.8) is 0 Å². The van der Waals surface area contributed by atoms with E-state index in [4.69, 9.17) is 0 Å². The van der Waals surface area contributed by atoms with Crippen LogP contribution in [0.25, 0.3) is 0 Å². The fourth-order valence-electron chi connectivity index (χ4n) is 0.753. The molecule has 0 aliphatic heterocycles. The van der Waals surface area contributed by atoms with E-state index in [9.17, 15) is 9.59 Å². The van der Waals surface area contributed by atoms with Crippen LogP contribution >= 0.6 is 11.3 Å². The van der Waals surface area contributed by atoms with Crippen molar-refractivity contribution in [3.05, 3.63) is 16.6 Å². The van der Waals surface area contributed by atoms with Gasteiger partial charge in [0.15, 0.2) is 24.4 Å². The summed E-state index contributed by atoms with van der Waals surface area (Å²) in [5.74, 6) is -0.248. The maximum absolute atomic E-state index is 11.1. The van der Waals surface area contributed by atoms with E-state index in [2.05, 4.69) is 15.0 Å². The molecule has 0 aromatic carbocycles. The van der Waals surface area contributed by atoms with Crippen molar-refractivity contribution in [2.75, 3.05) is 6.61 Å². The summed E-state index contributed by atoms with van der Waals surface area (Å²) in [5, 5.41) is 5.22. The number of aromatic nitrogens is 1. The molecule has 5 nitrogen and oxygen atoms in total. The normalized spacial score (nSPS) is 11.1. The average Bonchev–Trinajstić information content (AvgIpc) is 2.64. The second kappa shape index (κ2) is 5.23. The van der Waals surface area contributed by atoms with Gasteiger partial charge >= 0.3 is 0 Å². The minimum Gasteiger partial charge on any atom is -0.387 e. The van der Waals surface area contributed by atoms with Gasteiger partial charge in [-0.3, -0.25) is 9.59 Å². The second-order valence-corrected chi connectivity index (χ2v) is 3.05. The molecular weight excluding hydrogens is 204 g/mol. The quantitative estimate of drug-likeness (QED) is 0.311. The molecular formula is C8H8N2O3S. The number of nitrogens with zero attached hydrogens (tertiary/aromatic N) is 2. The molecule has 0 fully saturated rings. The SMILES string of the molecule is CC(=O)/C(=N\OCC=O)c1cscn1. The summed E-state index contributed by atoms with van der Waals surface area (Å²) in [4.78, 5) is 29.6. The Morgan fingerprint density at radius 3 is 3.07 bits per heavy atom. The average molecular weight is 212 g/mol. The van der Waals surface area contributed by atoms with E-state index in [1.807, 2.05) is 0 Å². The summed E-state index contributed by atoms with van der Waals surface area (Å²) in [6.07, 6.45) is 0.558. The first-order chi connectivity index (χ1) is 6.75. The Morgan fingerprint density at radius 1 is 1.79 bits per heavy atom. The van der Waals surface area contributed by atoms with Gasteiger partial charge in [0.05, 0.1) is 5.51 Å². The molecule has 0 aliphatic rings. The van der Waals surface area contributed by atoms with E-state index in [-0.39, 0.29) is 18.1 Å². The van der Waals surface area contributed by atoms with E-state index in [1.54, 1.807) is 10.9 Å². The van der Waals surface area contributed by atoms with Gasteiger partial charge in [-0.05, 0) is 0 Å². The molecule has 1 aromatic heterocycles. The predicted octanol–water partition coefficient (Wildman–Crippen LogP) is 0.652. The van der Waals surface area contributed by atoms with Crippen LogP contribution < -0.4 is 0 Å². The molecule has 0 radical (unpaired) electrons. The molecule has 0 saturated heterocycles. The smallest absolute Gasteiger partial charge is 0.183 e. The van der Waals surface area contributed by atoms with Crippen molar-refractivity contribution in [1.82, 2.24) is 4.98 Å². The first-order valence-corrected chi connectivity index (χ1v) is 4.73. The van der Waals surface area contributed by atoms with E-state index < -0.39 is 0 Å². The number of Topliss-reactive ketones (excluding diaryl/α,β-unsaturated/α-hetero) is 1. The molecule has 0 bridgehead atoms. The highest BCUT2D eigenvalue weighted by Crippen LogP contribution is 2.04. The third-order valence-electron chi connectivity index (χ3n) is 1.31. The third-order valence-corrected chi connectivity index (χ3v) is 1.89. The molecule has 14 heavy (non-hydrogen) atoms. The first-order valence-electron chi connectivity index (χ1n) is 3.78. The lowest BCUT2D eigenvalue weighted by atomic mass is 10.2. The summed E-state index contributed by atoms with van der Waals surface area (Å²) in [6, 6.07) is 0. The Bertz CT molecular complexity index is 345. The van der Waals surface area contributed by atoms with Gasteiger partial charge in [0, 0.05) is 12.3 Å². The maximum atomic E-state index is 11.1. The monoisotopic (exact) mass is 212 g/mol. The standard InChI is InChI=1S/C8H8N2O3S/c1-6(12)8(10-13-3-2-11)7-4-14-5-9-7/h2,4-5H,3H2,1H3/b10-8+. The molecule has 0 unspecified atom stereocenters. The Kier molecular flexibility index (Phi) is 3.93. The summed E-state index contributed by atoms with van der Waals surface area (Å²) in [6.45, 7) is 1.20. The minimum absolute atomic E-state index is 0.133. The number of rotatable bonds is 5. The highest BCUT2D eigenvalue weighted by molar-refractivity contribution is 7.07. The van der Waals surface area contributed by atoms with Gasteiger partial charge in [-0.1, -0.05) is 5.16 Å². The van der Waals surface area contributed by atoms with Gasteiger partial charge in [0.1, 0.15) is 5.69 Å². The first kappa shape index (κ1) is 10.5. The molecule has 0 aliphatic carbocycles. The van der Waals surface area contributed by atoms with Gasteiger partial charge in [0.25, 0.3) is 0 Å². The number of hydrogen-bond acceptors (Lipinski definition) is 6. The van der Waals surface area contributed by atoms with Crippen LogP contribution in [0.4, 0.5) is 0 Å². The fraction of sp³-hybridized carbons (Fsp3) is 0.250. The topological polar surface area (TPSA) is 68.6 Å². The van der Waals surface area contributed by atoms with Crippen LogP contribution in [0, 0.1) is 0 Å². The molecule has 0 atom stereocenters. The van der Waals surface area contributed by atoms with Crippen LogP contribution in [-0.2, 0) is 14.4 Å². The Labute approximate surface area is 84.4 Å². The number of carbonyl (C=O) groups excluding carboxylic acids is 2. The van der Waals surface area contributed by atoms with E-state index in [0.29, 0.717) is 12.0 Å². The second-order valence-electron chi connectivity index (χ2n) is 2.33. The zero-order chi connectivity index (χ0) is 10.4. The van der Waals surface area contributed by atoms with Crippen LogP contribution in [0.3, 0.4) is 0 Å². The Balaban J connectivity index is 2.80. The van der Waals surface area contributed by atoms with Crippen LogP contribution in [0.15, 0.2) is 16.0 Å². The highest BCUT2D eigenvalue weighted by atomic mass is 32.1. The molecule has 0 saturated carbocycles. The van der Waals surface area contributed by atoms with Crippen LogP contribution in [0.2, 0.25) is 0 Å². The molecule has 1 rings (SSSR count). The fourth-order valence-corrected chi connectivity index (χ4v) is 1.29. The maximum Gasteiger partial charge on any atom is 0.183 e. The number of oxime groups is 1. The zero-order valence-electron chi connectivity index (χ0n) is 7.47. The third kappa shape index (κ3) is 2.74. The van der Waals surface area contributed by atoms with E-state index in [0.717, 1.165) is 0 Å². The summed E-state index contributed by atoms with van der Waals surface area (Å²) in [7, 11) is 0. The predicted molar refractivity (Wildman–Crippen MR) is 51.3 cm³/mol. The lowest BCUT2D eigenvalue weighted by Crippen LogP contribution is -2.13. The van der Waals surface area contributed by atoms with Crippen LogP contribution in [0.5, 0.6) is 0 Å². The number of thiazole rings is 1. The molecule has 74 valence electrons. The van der Waals surface area contributed by atoms with Gasteiger partial charge in [0.2, 0.25) is 0 Å². The van der Waals surface area contributed by atoms with Crippen molar-refractivity contribution >= 4 is 29.1 Å². The summed E-state index contributed by atoms with van der Waals surface area (Å²) in [5.41, 5.74) is 2.19. The molecule has 0 N–H and O–H groups in total. The van der Waals surface area contributed by atoms with Gasteiger partial charge in [-0.25, -0.2) is 4.98 Å². The lowest BCUT2D eigenvalue weighted by Gasteiger charge is -1.97. The molecule has 0 amide bonds. The molecule has 1 heterocycles. The van der Waals surface area contributed by atoms with Gasteiger partial charge < -0.3 is 4.84 Å². The van der Waals surface area contributed by atoms with Crippen molar-refractivity contribution < 1.29 is 14.4 Å². The Morgan fingerprint density at radius 2 is 2.57 bits per heavy atom. The summed E-state index contributed by atoms with van der Waals surface area (Å²) >= 11 is 1.36. The largest absolute Gasteiger partial charge is 0.387 e. The van der Waals surface area contributed by atoms with Crippen LogP contribution in [-0.4, -0.2) is 29.4 Å². The van der Waals surface area contributed by atoms with Crippen molar-refractivity contribution in [2.24, 2.45) is 5.16 Å². The van der Waals surface area contributed by atoms with Crippen molar-refractivity contribution in [2.45, 2.75) is 6.92 Å². The van der Waals surface area contributed by atoms with E-state index in [1.165, 1.54) is 18.3 Å². The van der Waals surface area contributed by atoms with Crippen LogP contribution in [0.1, 0.15) is 12.6 Å². The van der Waals surface area contributed by atoms with Gasteiger partial charge in [-0.2, -0.15) is 0 Å². The minimum atomic E-state index is -0.248. The Hall–Kier alpha value is -1.56. The number of carbonyl (C=O) groups is 2. The molecule has 6 heteroatoms. The number of ketones is 1. The van der Waals surface area contributed by atoms with Gasteiger partial charge in [-0.15, -0.1) is 11.3 Å². The van der Waals surface area contributed by atoms with E-state index >= 15 is 0 Å². The number of aldehydes is 1. The molecule has 0 spiro atoms. The molecule has 1 aromatic rings. The highest BCUT2D eigenvalue weighted by Gasteiger charge is 2.11.